The van der Waals surface area contributed by atoms with Crippen LogP contribution in [0.2, 0.25) is 0 Å². The first-order chi connectivity index (χ1) is 8.77. The van der Waals surface area contributed by atoms with E-state index in [9.17, 15) is 13.2 Å². The van der Waals surface area contributed by atoms with Gasteiger partial charge in [-0.15, -0.1) is 0 Å². The fraction of sp³-hybridized carbons (Fsp3) is 0.923. The molecule has 0 aromatic carbocycles. The molecule has 3 unspecified atom stereocenters. The highest BCUT2D eigenvalue weighted by molar-refractivity contribution is 7.89. The zero-order valence-corrected chi connectivity index (χ0v) is 12.3. The number of ether oxygens (including phenoxy) is 1. The molecule has 19 heavy (non-hydrogen) atoms. The zero-order valence-electron chi connectivity index (χ0n) is 11.4. The molecular formula is C13H21NO4S. The van der Waals surface area contributed by atoms with Gasteiger partial charge in [-0.25, -0.2) is 13.1 Å². The lowest BCUT2D eigenvalue weighted by molar-refractivity contribution is -0.128. The molecule has 3 aliphatic rings. The van der Waals surface area contributed by atoms with Gasteiger partial charge in [0.2, 0.25) is 10.0 Å². The van der Waals surface area contributed by atoms with Gasteiger partial charge >= 0.3 is 0 Å². The van der Waals surface area contributed by atoms with Crippen molar-refractivity contribution in [2.75, 3.05) is 18.9 Å². The Morgan fingerprint density at radius 1 is 1.42 bits per heavy atom. The van der Waals surface area contributed by atoms with Gasteiger partial charge in [-0.05, 0) is 24.2 Å². The van der Waals surface area contributed by atoms with Crippen molar-refractivity contribution < 1.29 is 17.9 Å². The summed E-state index contributed by atoms with van der Waals surface area (Å²) in [6.07, 6.45) is 2.26. The van der Waals surface area contributed by atoms with Gasteiger partial charge in [0, 0.05) is 18.4 Å². The van der Waals surface area contributed by atoms with Crippen molar-refractivity contribution >= 4 is 15.8 Å². The molecule has 2 bridgehead atoms. The molecule has 0 amide bonds. The largest absolute Gasteiger partial charge is 0.372 e. The molecule has 2 aliphatic carbocycles. The molecule has 1 saturated heterocycles. The number of ketones is 1. The molecule has 2 saturated carbocycles. The fourth-order valence-corrected chi connectivity index (χ4v) is 5.76. The van der Waals surface area contributed by atoms with Crippen LogP contribution in [0.15, 0.2) is 0 Å². The third-order valence-electron chi connectivity index (χ3n) is 5.51. The normalized spacial score (nSPS) is 39.8. The summed E-state index contributed by atoms with van der Waals surface area (Å²) in [6.45, 7) is 5.06. The van der Waals surface area contributed by atoms with Crippen molar-refractivity contribution in [3.63, 3.8) is 0 Å². The van der Waals surface area contributed by atoms with Gasteiger partial charge < -0.3 is 4.74 Å². The van der Waals surface area contributed by atoms with E-state index in [4.69, 9.17) is 4.74 Å². The van der Waals surface area contributed by atoms with Crippen LogP contribution < -0.4 is 4.72 Å². The van der Waals surface area contributed by atoms with E-state index in [0.717, 1.165) is 6.42 Å². The van der Waals surface area contributed by atoms with Gasteiger partial charge in [-0.2, -0.15) is 0 Å². The third-order valence-corrected chi connectivity index (χ3v) is 6.99. The number of fused-ring (bicyclic) bond motifs is 2. The summed E-state index contributed by atoms with van der Waals surface area (Å²) in [5.74, 6) is 0.429. The zero-order chi connectivity index (χ0) is 13.9. The lowest BCUT2D eigenvalue weighted by Gasteiger charge is -2.36. The van der Waals surface area contributed by atoms with E-state index >= 15 is 0 Å². The quantitative estimate of drug-likeness (QED) is 0.755. The lowest BCUT2D eigenvalue weighted by atomic mass is 9.70. The Kier molecular flexibility index (Phi) is 2.86. The van der Waals surface area contributed by atoms with E-state index in [2.05, 4.69) is 18.6 Å². The van der Waals surface area contributed by atoms with E-state index in [0.29, 0.717) is 31.9 Å². The van der Waals surface area contributed by atoms with Crippen LogP contribution in [0.5, 0.6) is 0 Å². The number of hydrogen-bond donors (Lipinski definition) is 1. The molecule has 5 nitrogen and oxygen atoms in total. The van der Waals surface area contributed by atoms with Gasteiger partial charge in [0.05, 0.1) is 18.5 Å². The summed E-state index contributed by atoms with van der Waals surface area (Å²) in [5, 5.41) is 0. The number of Topliss-reactive ketones (excluding diaryl/α,β-unsaturated/α-hetero) is 1. The van der Waals surface area contributed by atoms with Gasteiger partial charge in [-0.1, -0.05) is 13.8 Å². The number of sulfonamides is 1. The first kappa shape index (κ1) is 13.5. The van der Waals surface area contributed by atoms with Gasteiger partial charge in [0.1, 0.15) is 5.78 Å². The minimum Gasteiger partial charge on any atom is -0.372 e. The average molecular weight is 287 g/mol. The van der Waals surface area contributed by atoms with E-state index < -0.39 is 15.4 Å². The van der Waals surface area contributed by atoms with E-state index in [1.165, 1.54) is 0 Å². The van der Waals surface area contributed by atoms with Crippen LogP contribution in [-0.4, -0.2) is 39.2 Å². The Balaban J connectivity index is 1.78. The Morgan fingerprint density at radius 3 is 2.58 bits per heavy atom. The lowest BCUT2D eigenvalue weighted by Crippen LogP contribution is -2.45. The fourth-order valence-electron chi connectivity index (χ4n) is 3.89. The van der Waals surface area contributed by atoms with Crippen molar-refractivity contribution in [2.24, 2.45) is 16.7 Å². The summed E-state index contributed by atoms with van der Waals surface area (Å²) in [7, 11) is -3.42. The summed E-state index contributed by atoms with van der Waals surface area (Å²) in [4.78, 5) is 12.3. The van der Waals surface area contributed by atoms with Crippen LogP contribution >= 0.6 is 0 Å². The summed E-state index contributed by atoms with van der Waals surface area (Å²) < 4.78 is 32.0. The second kappa shape index (κ2) is 4.02. The molecule has 108 valence electrons. The number of carbonyl (C=O) groups excluding carboxylic acids is 1. The summed E-state index contributed by atoms with van der Waals surface area (Å²) in [6, 6.07) is 0. The molecule has 3 fully saturated rings. The van der Waals surface area contributed by atoms with Crippen molar-refractivity contribution in [2.45, 2.75) is 39.2 Å². The maximum atomic E-state index is 12.3. The van der Waals surface area contributed by atoms with Crippen LogP contribution in [0.4, 0.5) is 0 Å². The number of hydrogen-bond acceptors (Lipinski definition) is 4. The summed E-state index contributed by atoms with van der Waals surface area (Å²) in [5.41, 5.74) is -0.872. The molecule has 1 N–H and O–H groups in total. The monoisotopic (exact) mass is 287 g/mol. The van der Waals surface area contributed by atoms with E-state index in [1.54, 1.807) is 0 Å². The molecule has 0 spiro atoms. The van der Waals surface area contributed by atoms with Crippen molar-refractivity contribution in [1.29, 1.82) is 0 Å². The van der Waals surface area contributed by atoms with Gasteiger partial charge in [0.25, 0.3) is 0 Å². The SMILES string of the molecule is CC1(C)C2CCC1(CS(=O)(=O)NCC1CO1)C(=O)C2. The molecule has 3 atom stereocenters. The minimum atomic E-state index is -3.42. The van der Waals surface area contributed by atoms with E-state index in [1.807, 2.05) is 0 Å². The third kappa shape index (κ3) is 2.04. The molecule has 6 heteroatoms. The first-order valence-electron chi connectivity index (χ1n) is 6.89. The van der Waals surface area contributed by atoms with Gasteiger partial charge in [0.15, 0.2) is 0 Å². The maximum absolute atomic E-state index is 12.3. The Hall–Kier alpha value is -0.460. The Morgan fingerprint density at radius 2 is 2.11 bits per heavy atom. The topological polar surface area (TPSA) is 75.8 Å². The van der Waals surface area contributed by atoms with Crippen LogP contribution in [0.25, 0.3) is 0 Å². The molecule has 1 heterocycles. The second-order valence-electron chi connectivity index (χ2n) is 6.73. The predicted octanol–water partition coefficient (Wildman–Crippen LogP) is 0.700. The first-order valence-corrected chi connectivity index (χ1v) is 8.54. The van der Waals surface area contributed by atoms with Crippen LogP contribution in [0.1, 0.15) is 33.1 Å². The number of rotatable bonds is 5. The molecule has 0 radical (unpaired) electrons. The summed E-state index contributed by atoms with van der Waals surface area (Å²) >= 11 is 0. The molecular weight excluding hydrogens is 266 g/mol. The number of epoxide rings is 1. The number of nitrogens with one attached hydrogen (secondary N) is 1. The van der Waals surface area contributed by atoms with Crippen LogP contribution in [0, 0.1) is 16.7 Å². The Bertz CT molecular complexity index is 509. The minimum absolute atomic E-state index is 0.0240. The standard InChI is InChI=1S/C13H21NO4S/c1-12(2)9-3-4-13(12,11(15)5-9)8-19(16,17)14-6-10-7-18-10/h9-10,14H,3-8H2,1-2H3. The molecule has 1 aliphatic heterocycles. The van der Waals surface area contributed by atoms with Crippen LogP contribution in [-0.2, 0) is 19.6 Å². The highest BCUT2D eigenvalue weighted by atomic mass is 32.2. The van der Waals surface area contributed by atoms with Crippen LogP contribution in [0.3, 0.4) is 0 Å². The molecule has 3 rings (SSSR count). The smallest absolute Gasteiger partial charge is 0.212 e. The highest BCUT2D eigenvalue weighted by Gasteiger charge is 2.65. The molecule has 0 aromatic heterocycles. The van der Waals surface area contributed by atoms with E-state index in [-0.39, 0.29) is 23.1 Å². The van der Waals surface area contributed by atoms with Gasteiger partial charge in [-0.3, -0.25) is 4.79 Å². The maximum Gasteiger partial charge on any atom is 0.212 e. The predicted molar refractivity (Wildman–Crippen MR) is 70.1 cm³/mol. The second-order valence-corrected chi connectivity index (χ2v) is 8.54. The van der Waals surface area contributed by atoms with Crippen molar-refractivity contribution in [1.82, 2.24) is 4.72 Å². The number of carbonyl (C=O) groups is 1. The molecule has 0 aromatic rings. The highest BCUT2D eigenvalue weighted by Crippen LogP contribution is 2.64. The van der Waals surface area contributed by atoms with Crippen molar-refractivity contribution in [3.05, 3.63) is 0 Å². The van der Waals surface area contributed by atoms with Crippen molar-refractivity contribution in [3.8, 4) is 0 Å². The Labute approximate surface area is 114 Å². The average Bonchev–Trinajstić information content (AvgIpc) is 3.06.